The molecule has 2 unspecified atom stereocenters. The molecule has 0 aromatic carbocycles. The molecule has 2 atom stereocenters. The number of rotatable bonds is 3. The molecular formula is C14H23N3O2. The third-order valence-corrected chi connectivity index (χ3v) is 3.90. The fraction of sp³-hybridized carbons (Fsp3) is 0.714. The molecule has 2 rings (SSSR count). The number of aryl methyl sites for hydroxylation is 1. The molecular weight excluding hydrogens is 242 g/mol. The van der Waals surface area contributed by atoms with Crippen molar-refractivity contribution in [2.24, 2.45) is 5.92 Å². The molecule has 0 bridgehead atoms. The fourth-order valence-corrected chi connectivity index (χ4v) is 2.70. The number of anilines is 1. The second kappa shape index (κ2) is 5.63. The van der Waals surface area contributed by atoms with Crippen molar-refractivity contribution < 1.29 is 9.53 Å². The van der Waals surface area contributed by atoms with Gasteiger partial charge in [-0.15, -0.1) is 0 Å². The lowest BCUT2D eigenvalue weighted by molar-refractivity contribution is -0.152. The van der Waals surface area contributed by atoms with Crippen LogP contribution < -0.4 is 5.73 Å². The Hall–Kier alpha value is -1.52. The van der Waals surface area contributed by atoms with Crippen LogP contribution in [0.25, 0.3) is 0 Å². The van der Waals surface area contributed by atoms with Crippen LogP contribution in [0.5, 0.6) is 0 Å². The first kappa shape index (κ1) is 13.9. The van der Waals surface area contributed by atoms with Crippen molar-refractivity contribution in [1.29, 1.82) is 0 Å². The molecule has 1 aliphatic rings. The molecule has 5 nitrogen and oxygen atoms in total. The summed E-state index contributed by atoms with van der Waals surface area (Å²) in [7, 11) is 0. The van der Waals surface area contributed by atoms with Crippen LogP contribution in [0.4, 0.5) is 5.69 Å². The monoisotopic (exact) mass is 265 g/mol. The Kier molecular flexibility index (Phi) is 4.12. The Morgan fingerprint density at radius 2 is 2.21 bits per heavy atom. The van der Waals surface area contributed by atoms with Crippen molar-refractivity contribution in [1.82, 2.24) is 9.78 Å². The summed E-state index contributed by atoms with van der Waals surface area (Å²) in [4.78, 5) is 11.9. The average Bonchev–Trinajstić information content (AvgIpc) is 2.57. The van der Waals surface area contributed by atoms with E-state index in [4.69, 9.17) is 10.5 Å². The topological polar surface area (TPSA) is 70.1 Å². The van der Waals surface area contributed by atoms with Gasteiger partial charge < -0.3 is 10.5 Å². The third kappa shape index (κ3) is 3.28. The molecule has 0 aliphatic heterocycles. The number of ether oxygens (including phenoxy) is 1. The van der Waals surface area contributed by atoms with E-state index in [9.17, 15) is 4.79 Å². The highest BCUT2D eigenvalue weighted by Crippen LogP contribution is 2.26. The van der Waals surface area contributed by atoms with Crippen LogP contribution in [0.15, 0.2) is 0 Å². The van der Waals surface area contributed by atoms with Crippen LogP contribution in [-0.4, -0.2) is 21.9 Å². The first-order chi connectivity index (χ1) is 8.97. The lowest BCUT2D eigenvalue weighted by Gasteiger charge is -2.26. The first-order valence-electron chi connectivity index (χ1n) is 6.96. The van der Waals surface area contributed by atoms with Crippen LogP contribution in [0.1, 0.15) is 44.0 Å². The van der Waals surface area contributed by atoms with Gasteiger partial charge >= 0.3 is 5.97 Å². The van der Waals surface area contributed by atoms with Crippen LogP contribution in [0.3, 0.4) is 0 Å². The smallest absolute Gasteiger partial charge is 0.328 e. The van der Waals surface area contributed by atoms with Crippen LogP contribution in [0.2, 0.25) is 0 Å². The highest BCUT2D eigenvalue weighted by molar-refractivity contribution is 5.69. The van der Waals surface area contributed by atoms with Gasteiger partial charge in [0.25, 0.3) is 0 Å². The van der Waals surface area contributed by atoms with E-state index < -0.39 is 0 Å². The van der Waals surface area contributed by atoms with Crippen LogP contribution in [-0.2, 0) is 16.1 Å². The Morgan fingerprint density at radius 3 is 2.79 bits per heavy atom. The molecule has 1 saturated carbocycles. The van der Waals surface area contributed by atoms with Crippen molar-refractivity contribution in [3.8, 4) is 0 Å². The molecule has 0 spiro atoms. The SMILES string of the molecule is Cc1nn(CC(=O)OC2CCCC(C)C2)c(C)c1N. The quantitative estimate of drug-likeness (QED) is 0.851. The molecule has 1 aliphatic carbocycles. The summed E-state index contributed by atoms with van der Waals surface area (Å²) in [5.74, 6) is 0.431. The van der Waals surface area contributed by atoms with E-state index in [2.05, 4.69) is 12.0 Å². The Labute approximate surface area is 114 Å². The zero-order chi connectivity index (χ0) is 14.0. The number of carbonyl (C=O) groups is 1. The molecule has 0 saturated heterocycles. The number of esters is 1. The summed E-state index contributed by atoms with van der Waals surface area (Å²) in [5.41, 5.74) is 8.08. The van der Waals surface area contributed by atoms with Crippen molar-refractivity contribution in [2.45, 2.75) is 59.1 Å². The lowest BCUT2D eigenvalue weighted by Crippen LogP contribution is -2.27. The molecule has 0 amide bonds. The van der Waals surface area contributed by atoms with E-state index in [-0.39, 0.29) is 18.6 Å². The van der Waals surface area contributed by atoms with Gasteiger partial charge in [-0.2, -0.15) is 5.10 Å². The summed E-state index contributed by atoms with van der Waals surface area (Å²) in [6.07, 6.45) is 4.42. The maximum Gasteiger partial charge on any atom is 0.328 e. The van der Waals surface area contributed by atoms with Gasteiger partial charge in [0.2, 0.25) is 0 Å². The average molecular weight is 265 g/mol. The molecule has 19 heavy (non-hydrogen) atoms. The number of nitrogens with zero attached hydrogens (tertiary/aromatic N) is 2. The van der Waals surface area contributed by atoms with Crippen LogP contribution >= 0.6 is 0 Å². The zero-order valence-corrected chi connectivity index (χ0v) is 12.0. The Bertz CT molecular complexity index is 468. The van der Waals surface area contributed by atoms with Crippen LogP contribution in [0, 0.1) is 19.8 Å². The minimum Gasteiger partial charge on any atom is -0.461 e. The Morgan fingerprint density at radius 1 is 1.47 bits per heavy atom. The second-order valence-electron chi connectivity index (χ2n) is 5.63. The molecule has 1 aromatic heterocycles. The minimum absolute atomic E-state index is 0.0746. The Balaban J connectivity index is 1.92. The predicted molar refractivity (Wildman–Crippen MR) is 73.6 cm³/mol. The molecule has 106 valence electrons. The molecule has 1 fully saturated rings. The number of nitrogens with two attached hydrogens (primary N) is 1. The van der Waals surface area contributed by atoms with Gasteiger partial charge in [-0.25, -0.2) is 0 Å². The van der Waals surface area contributed by atoms with Gasteiger partial charge in [0, 0.05) is 0 Å². The van der Waals surface area contributed by atoms with E-state index in [1.807, 2.05) is 13.8 Å². The third-order valence-electron chi connectivity index (χ3n) is 3.90. The van der Waals surface area contributed by atoms with E-state index >= 15 is 0 Å². The maximum atomic E-state index is 11.9. The maximum absolute atomic E-state index is 11.9. The predicted octanol–water partition coefficient (Wildman–Crippen LogP) is 2.20. The highest BCUT2D eigenvalue weighted by atomic mass is 16.5. The molecule has 1 aromatic rings. The van der Waals surface area contributed by atoms with E-state index in [0.717, 1.165) is 30.7 Å². The van der Waals surface area contributed by atoms with E-state index in [1.165, 1.54) is 6.42 Å². The van der Waals surface area contributed by atoms with Gasteiger partial charge in [-0.3, -0.25) is 9.48 Å². The molecule has 1 heterocycles. The normalized spacial score (nSPS) is 23.3. The van der Waals surface area contributed by atoms with Gasteiger partial charge in [0.05, 0.1) is 17.1 Å². The van der Waals surface area contributed by atoms with Gasteiger partial charge in [-0.1, -0.05) is 13.3 Å². The zero-order valence-electron chi connectivity index (χ0n) is 12.0. The first-order valence-corrected chi connectivity index (χ1v) is 6.96. The number of nitrogen functional groups attached to an aromatic ring is 1. The largest absolute Gasteiger partial charge is 0.461 e. The van der Waals surface area contributed by atoms with Crippen molar-refractivity contribution in [2.75, 3.05) is 5.73 Å². The van der Waals surface area contributed by atoms with E-state index in [1.54, 1.807) is 4.68 Å². The highest BCUT2D eigenvalue weighted by Gasteiger charge is 2.22. The van der Waals surface area contributed by atoms with Gasteiger partial charge in [-0.05, 0) is 39.0 Å². The number of hydrogen-bond donors (Lipinski definition) is 1. The number of aromatic nitrogens is 2. The van der Waals surface area contributed by atoms with Crippen molar-refractivity contribution >= 4 is 11.7 Å². The summed E-state index contributed by atoms with van der Waals surface area (Å²) < 4.78 is 7.15. The summed E-state index contributed by atoms with van der Waals surface area (Å²) >= 11 is 0. The minimum atomic E-state index is -0.218. The van der Waals surface area contributed by atoms with Crippen molar-refractivity contribution in [3.05, 3.63) is 11.4 Å². The summed E-state index contributed by atoms with van der Waals surface area (Å²) in [6.45, 7) is 6.06. The molecule has 5 heteroatoms. The summed E-state index contributed by atoms with van der Waals surface area (Å²) in [5, 5.41) is 4.25. The lowest BCUT2D eigenvalue weighted by atomic mass is 9.89. The number of carbonyl (C=O) groups excluding carboxylic acids is 1. The second-order valence-corrected chi connectivity index (χ2v) is 5.63. The van der Waals surface area contributed by atoms with Gasteiger partial charge in [0.15, 0.2) is 0 Å². The van der Waals surface area contributed by atoms with Gasteiger partial charge in [0.1, 0.15) is 12.6 Å². The standard InChI is InChI=1S/C14H23N3O2/c1-9-5-4-6-12(7-9)19-13(18)8-17-11(3)14(15)10(2)16-17/h9,12H,4-8,15H2,1-3H3. The molecule has 2 N–H and O–H groups in total. The fourth-order valence-electron chi connectivity index (χ4n) is 2.70. The number of hydrogen-bond acceptors (Lipinski definition) is 4. The molecule has 0 radical (unpaired) electrons. The van der Waals surface area contributed by atoms with Crippen molar-refractivity contribution in [3.63, 3.8) is 0 Å². The van der Waals surface area contributed by atoms with E-state index in [0.29, 0.717) is 11.6 Å². The summed E-state index contributed by atoms with van der Waals surface area (Å²) in [6, 6.07) is 0.